The molecule has 5 nitrogen and oxygen atoms in total. The molecule has 0 fully saturated rings. The maximum Gasteiger partial charge on any atom is 0.529 e. The zero-order chi connectivity index (χ0) is 20.2. The molecule has 1 unspecified atom stereocenters. The maximum atomic E-state index is 11.5. The van der Waals surface area contributed by atoms with Crippen LogP contribution in [0.15, 0.2) is 24.8 Å². The summed E-state index contributed by atoms with van der Waals surface area (Å²) in [6.45, 7) is 5.48. The van der Waals surface area contributed by atoms with Gasteiger partial charge in [0.15, 0.2) is 0 Å². The summed E-state index contributed by atoms with van der Waals surface area (Å²) in [5, 5.41) is 0. The molecular weight excluding hydrogens is 363 g/mol. The van der Waals surface area contributed by atoms with Crippen LogP contribution in [0, 0.1) is 0 Å². The third kappa shape index (κ3) is 19.7. The highest BCUT2D eigenvalue weighted by molar-refractivity contribution is 7.48. The van der Waals surface area contributed by atoms with Gasteiger partial charge in [-0.2, -0.15) is 0 Å². The molecule has 158 valence electrons. The van der Waals surface area contributed by atoms with Crippen LogP contribution in [0.25, 0.3) is 0 Å². The van der Waals surface area contributed by atoms with Crippen molar-refractivity contribution in [2.75, 3.05) is 6.61 Å². The fourth-order valence-corrected chi connectivity index (χ4v) is 3.38. The molecule has 0 aromatic carbocycles. The second kappa shape index (κ2) is 18.5. The average Bonchev–Trinajstić information content (AvgIpc) is 2.63. The van der Waals surface area contributed by atoms with Gasteiger partial charge in [0.2, 0.25) is 0 Å². The molecule has 6 heteroatoms. The Morgan fingerprint density at radius 2 is 1.44 bits per heavy atom. The van der Waals surface area contributed by atoms with E-state index in [9.17, 15) is 14.3 Å². The van der Waals surface area contributed by atoms with Crippen molar-refractivity contribution < 1.29 is 23.3 Å². The van der Waals surface area contributed by atoms with Gasteiger partial charge in [0.1, 0.15) is 0 Å². The Bertz CT molecular complexity index is 448. The minimum atomic E-state index is -4.28. The second-order valence-electron chi connectivity index (χ2n) is 6.85. The van der Waals surface area contributed by atoms with Crippen molar-refractivity contribution in [1.82, 2.24) is 0 Å². The van der Waals surface area contributed by atoms with E-state index in [1.54, 1.807) is 0 Å². The quantitative estimate of drug-likeness (QED) is 0.145. The number of hydrogen-bond donors (Lipinski definition) is 1. The topological polar surface area (TPSA) is 72.8 Å². The minimum Gasteiger partial charge on any atom is -0.371 e. The molecule has 0 heterocycles. The van der Waals surface area contributed by atoms with Gasteiger partial charge in [0, 0.05) is 6.42 Å². The van der Waals surface area contributed by atoms with Crippen LogP contribution in [-0.2, 0) is 18.4 Å². The van der Waals surface area contributed by atoms with E-state index in [2.05, 4.69) is 34.7 Å². The summed E-state index contributed by atoms with van der Waals surface area (Å²) in [6, 6.07) is 0. The van der Waals surface area contributed by atoms with Gasteiger partial charge in [-0.1, -0.05) is 76.5 Å². The van der Waals surface area contributed by atoms with E-state index in [0.717, 1.165) is 25.7 Å². The Labute approximate surface area is 165 Å². The normalized spacial score (nSPS) is 13.6. The van der Waals surface area contributed by atoms with Crippen LogP contribution in [0.1, 0.15) is 96.8 Å². The molecule has 0 aromatic rings. The molecule has 0 aliphatic carbocycles. The van der Waals surface area contributed by atoms with Crippen molar-refractivity contribution in [2.24, 2.45) is 0 Å². The summed E-state index contributed by atoms with van der Waals surface area (Å²) in [7, 11) is -4.28. The Morgan fingerprint density at radius 3 is 2.00 bits per heavy atom. The summed E-state index contributed by atoms with van der Waals surface area (Å²) in [5.41, 5.74) is 0. The SMILES string of the molecule is C=CCOP(=O)(O)OC(=O)CCCCCCCC=CCCCCCCCC. The minimum absolute atomic E-state index is 0.130. The van der Waals surface area contributed by atoms with Crippen molar-refractivity contribution >= 4 is 13.8 Å². The summed E-state index contributed by atoms with van der Waals surface area (Å²) in [6.07, 6.45) is 21.4. The van der Waals surface area contributed by atoms with E-state index < -0.39 is 13.8 Å². The van der Waals surface area contributed by atoms with Crippen LogP contribution in [0.2, 0.25) is 0 Å². The fourth-order valence-electron chi connectivity index (χ4n) is 2.69. The van der Waals surface area contributed by atoms with Crippen molar-refractivity contribution in [3.8, 4) is 0 Å². The van der Waals surface area contributed by atoms with Crippen molar-refractivity contribution in [1.29, 1.82) is 0 Å². The van der Waals surface area contributed by atoms with E-state index in [1.165, 1.54) is 57.4 Å². The molecule has 0 spiro atoms. The zero-order valence-electron chi connectivity index (χ0n) is 17.1. The van der Waals surface area contributed by atoms with E-state index >= 15 is 0 Å². The van der Waals surface area contributed by atoms with Gasteiger partial charge < -0.3 is 4.52 Å². The zero-order valence-corrected chi connectivity index (χ0v) is 18.0. The number of allylic oxidation sites excluding steroid dienone is 2. The largest absolute Gasteiger partial charge is 0.529 e. The maximum absolute atomic E-state index is 11.5. The van der Waals surface area contributed by atoms with Crippen LogP contribution in [-0.4, -0.2) is 17.5 Å². The molecular formula is C21H39O5P. The molecule has 0 saturated heterocycles. The molecule has 0 saturated carbocycles. The van der Waals surface area contributed by atoms with E-state index in [1.807, 2.05) is 0 Å². The predicted octanol–water partition coefficient (Wildman–Crippen LogP) is 6.87. The van der Waals surface area contributed by atoms with Crippen LogP contribution in [0.4, 0.5) is 0 Å². The Kier molecular flexibility index (Phi) is 17.8. The standard InChI is InChI=1S/C21H39O5P/c1-3-5-6-7-8-9-10-11-12-13-14-15-16-17-18-19-21(22)26-27(23,24)25-20-4-2/h4,11-12H,2-3,5-10,13-20H2,1H3,(H,23,24). The molecule has 1 atom stereocenters. The van der Waals surface area contributed by atoms with Gasteiger partial charge in [-0.15, -0.1) is 6.58 Å². The smallest absolute Gasteiger partial charge is 0.371 e. The summed E-state index contributed by atoms with van der Waals surface area (Å²) in [4.78, 5) is 20.8. The predicted molar refractivity (Wildman–Crippen MR) is 112 cm³/mol. The van der Waals surface area contributed by atoms with Gasteiger partial charge in [0.05, 0.1) is 6.61 Å². The molecule has 0 bridgehead atoms. The molecule has 0 aromatic heterocycles. The van der Waals surface area contributed by atoms with Crippen molar-refractivity contribution in [3.05, 3.63) is 24.8 Å². The number of carbonyl (C=O) groups is 1. The fraction of sp³-hybridized carbons (Fsp3) is 0.762. The summed E-state index contributed by atoms with van der Waals surface area (Å²) < 4.78 is 20.4. The van der Waals surface area contributed by atoms with E-state index in [-0.39, 0.29) is 13.0 Å². The van der Waals surface area contributed by atoms with Crippen molar-refractivity contribution in [2.45, 2.75) is 96.8 Å². The second-order valence-corrected chi connectivity index (χ2v) is 8.23. The van der Waals surface area contributed by atoms with Gasteiger partial charge in [-0.3, -0.25) is 14.2 Å². The Hall–Kier alpha value is -0.900. The van der Waals surface area contributed by atoms with Crippen molar-refractivity contribution in [3.63, 3.8) is 0 Å². The summed E-state index contributed by atoms with van der Waals surface area (Å²) >= 11 is 0. The third-order valence-electron chi connectivity index (χ3n) is 4.22. The highest BCUT2D eigenvalue weighted by atomic mass is 31.2. The lowest BCUT2D eigenvalue weighted by molar-refractivity contribution is -0.136. The number of hydrogen-bond acceptors (Lipinski definition) is 4. The molecule has 0 rings (SSSR count). The average molecular weight is 403 g/mol. The molecule has 27 heavy (non-hydrogen) atoms. The Morgan fingerprint density at radius 1 is 0.926 bits per heavy atom. The number of unbranched alkanes of at least 4 members (excludes halogenated alkanes) is 11. The van der Waals surface area contributed by atoms with Gasteiger partial charge in [-0.25, -0.2) is 4.57 Å². The number of phosphoric acid groups is 1. The lowest BCUT2D eigenvalue weighted by Gasteiger charge is -2.10. The van der Waals surface area contributed by atoms with Crippen LogP contribution in [0.3, 0.4) is 0 Å². The highest BCUT2D eigenvalue weighted by Gasteiger charge is 2.24. The molecule has 0 aliphatic heterocycles. The lowest BCUT2D eigenvalue weighted by Crippen LogP contribution is -2.04. The monoisotopic (exact) mass is 402 g/mol. The first-order valence-corrected chi connectivity index (χ1v) is 12.0. The molecule has 1 N–H and O–H groups in total. The van der Waals surface area contributed by atoms with Crippen LogP contribution in [0.5, 0.6) is 0 Å². The van der Waals surface area contributed by atoms with Gasteiger partial charge in [-0.05, 0) is 32.1 Å². The molecule has 0 amide bonds. The summed E-state index contributed by atoms with van der Waals surface area (Å²) in [5.74, 6) is -0.692. The molecule has 0 aliphatic rings. The number of phosphoric ester groups is 1. The first-order valence-electron chi connectivity index (χ1n) is 10.5. The van der Waals surface area contributed by atoms with Gasteiger partial charge in [0.25, 0.3) is 0 Å². The van der Waals surface area contributed by atoms with Crippen LogP contribution >= 0.6 is 7.82 Å². The first-order chi connectivity index (χ1) is 13.0. The van der Waals surface area contributed by atoms with E-state index in [4.69, 9.17) is 0 Å². The Balaban J connectivity index is 3.41. The molecule has 0 radical (unpaired) electrons. The number of rotatable bonds is 19. The van der Waals surface area contributed by atoms with Crippen LogP contribution < -0.4 is 0 Å². The van der Waals surface area contributed by atoms with Gasteiger partial charge >= 0.3 is 13.8 Å². The van der Waals surface area contributed by atoms with E-state index in [0.29, 0.717) is 6.42 Å². The third-order valence-corrected chi connectivity index (χ3v) is 5.13. The lowest BCUT2D eigenvalue weighted by atomic mass is 10.1. The number of carbonyl (C=O) groups excluding carboxylic acids is 1. The highest BCUT2D eigenvalue weighted by Crippen LogP contribution is 2.43. The first kappa shape index (κ1) is 26.1.